The molecule has 2 aliphatic rings. The average molecular weight is 306 g/mol. The van der Waals surface area contributed by atoms with Crippen LogP contribution in [0.15, 0.2) is 12.1 Å². The Morgan fingerprint density at radius 2 is 2.05 bits per heavy atom. The summed E-state index contributed by atoms with van der Waals surface area (Å²) in [6.45, 7) is 1.04. The molecule has 0 atom stereocenters. The number of ether oxygens (including phenoxy) is 2. The molecule has 0 radical (unpaired) electrons. The van der Waals surface area contributed by atoms with Crippen LogP contribution in [0.25, 0.3) is 11.3 Å². The number of rotatable bonds is 2. The summed E-state index contributed by atoms with van der Waals surface area (Å²) in [6.07, 6.45) is 2.37. The molecule has 1 saturated carbocycles. The van der Waals surface area contributed by atoms with Gasteiger partial charge in [-0.2, -0.15) is 0 Å². The second-order valence-corrected chi connectivity index (χ2v) is 5.93. The number of hydrogen-bond acceptors (Lipinski definition) is 4. The van der Waals surface area contributed by atoms with Gasteiger partial charge in [-0.05, 0) is 25.0 Å². The summed E-state index contributed by atoms with van der Waals surface area (Å²) in [5, 5.41) is 0.528. The first-order valence-electron chi connectivity index (χ1n) is 7.06. The highest BCUT2D eigenvalue weighted by molar-refractivity contribution is 6.32. The fourth-order valence-corrected chi connectivity index (χ4v) is 2.96. The minimum absolute atomic E-state index is 0.517. The monoisotopic (exact) mass is 305 g/mol. The van der Waals surface area contributed by atoms with E-state index in [0.29, 0.717) is 41.5 Å². The molecule has 0 unspecified atom stereocenters. The summed E-state index contributed by atoms with van der Waals surface area (Å²) in [5.74, 6) is 3.50. The van der Waals surface area contributed by atoms with Gasteiger partial charge in [0.1, 0.15) is 30.5 Å². The minimum atomic E-state index is 0.517. The highest BCUT2D eigenvalue weighted by atomic mass is 35.5. The number of hydrogen-bond donors (Lipinski definition) is 1. The standard InChI is InChI=1S/C15H16ClN3O2/c1-19-14(17)12(18-15(19)8-2-3-8)9-6-10(16)13-11(7-9)20-4-5-21-13/h6-8H,2-5,17H2,1H3. The number of anilines is 1. The molecule has 2 aromatic rings. The number of nitrogens with two attached hydrogens (primary N) is 1. The molecule has 1 aliphatic carbocycles. The van der Waals surface area contributed by atoms with Crippen molar-refractivity contribution >= 4 is 17.4 Å². The number of imidazole rings is 1. The Hall–Kier alpha value is -1.88. The second kappa shape index (κ2) is 4.56. The van der Waals surface area contributed by atoms with Crippen LogP contribution in [0.2, 0.25) is 5.02 Å². The molecule has 0 amide bonds. The molecule has 110 valence electrons. The van der Waals surface area contributed by atoms with Gasteiger partial charge in [-0.25, -0.2) is 4.98 Å². The second-order valence-electron chi connectivity index (χ2n) is 5.52. The largest absolute Gasteiger partial charge is 0.486 e. The Morgan fingerprint density at radius 1 is 1.29 bits per heavy atom. The SMILES string of the molecule is Cn1c(C2CC2)nc(-c2cc(Cl)c3c(c2)OCCO3)c1N. The summed E-state index contributed by atoms with van der Waals surface area (Å²) in [6, 6.07) is 3.74. The smallest absolute Gasteiger partial charge is 0.179 e. The van der Waals surface area contributed by atoms with Crippen LogP contribution < -0.4 is 15.2 Å². The summed E-state index contributed by atoms with van der Waals surface area (Å²) in [4.78, 5) is 4.71. The van der Waals surface area contributed by atoms with Crippen LogP contribution in [0.5, 0.6) is 11.5 Å². The Bertz CT molecular complexity index is 722. The van der Waals surface area contributed by atoms with E-state index in [2.05, 4.69) is 0 Å². The summed E-state index contributed by atoms with van der Waals surface area (Å²) in [7, 11) is 1.96. The zero-order valence-electron chi connectivity index (χ0n) is 11.7. The molecule has 4 rings (SSSR count). The molecule has 1 aromatic heterocycles. The Balaban J connectivity index is 1.83. The van der Waals surface area contributed by atoms with Crippen LogP contribution >= 0.6 is 11.6 Å². The van der Waals surface area contributed by atoms with Crippen molar-refractivity contribution in [2.75, 3.05) is 18.9 Å². The number of nitrogens with zero attached hydrogens (tertiary/aromatic N) is 2. The maximum absolute atomic E-state index is 6.29. The molecule has 1 aliphatic heterocycles. The molecule has 0 spiro atoms. The van der Waals surface area contributed by atoms with E-state index in [1.165, 1.54) is 12.8 Å². The first-order valence-corrected chi connectivity index (χ1v) is 7.44. The molecular formula is C15H16ClN3O2. The quantitative estimate of drug-likeness (QED) is 0.926. The van der Waals surface area contributed by atoms with Gasteiger partial charge >= 0.3 is 0 Å². The third-order valence-corrected chi connectivity index (χ3v) is 4.27. The van der Waals surface area contributed by atoms with Crippen molar-refractivity contribution in [3.63, 3.8) is 0 Å². The summed E-state index contributed by atoms with van der Waals surface area (Å²) in [5.41, 5.74) is 7.84. The fraction of sp³-hybridized carbons (Fsp3) is 0.400. The number of benzene rings is 1. The van der Waals surface area contributed by atoms with Crippen molar-refractivity contribution < 1.29 is 9.47 Å². The van der Waals surface area contributed by atoms with Gasteiger partial charge in [0.25, 0.3) is 0 Å². The lowest BCUT2D eigenvalue weighted by atomic mass is 10.1. The Morgan fingerprint density at radius 3 is 2.81 bits per heavy atom. The van der Waals surface area contributed by atoms with E-state index in [1.54, 1.807) is 0 Å². The number of halogens is 1. The summed E-state index contributed by atoms with van der Waals surface area (Å²) < 4.78 is 13.1. The van der Waals surface area contributed by atoms with E-state index in [-0.39, 0.29) is 0 Å². The molecule has 1 aromatic carbocycles. The van der Waals surface area contributed by atoms with E-state index >= 15 is 0 Å². The van der Waals surface area contributed by atoms with Crippen LogP contribution in [0.4, 0.5) is 5.82 Å². The van der Waals surface area contributed by atoms with Crippen LogP contribution in [-0.4, -0.2) is 22.8 Å². The van der Waals surface area contributed by atoms with Gasteiger partial charge in [0.2, 0.25) is 0 Å². The fourth-order valence-electron chi connectivity index (χ4n) is 2.70. The van der Waals surface area contributed by atoms with E-state index in [9.17, 15) is 0 Å². The molecule has 0 saturated heterocycles. The first-order chi connectivity index (χ1) is 10.1. The maximum Gasteiger partial charge on any atom is 0.179 e. The van der Waals surface area contributed by atoms with Crippen molar-refractivity contribution in [2.24, 2.45) is 7.05 Å². The first kappa shape index (κ1) is 12.8. The van der Waals surface area contributed by atoms with Crippen LogP contribution in [0.1, 0.15) is 24.6 Å². The molecule has 21 heavy (non-hydrogen) atoms. The van der Waals surface area contributed by atoms with Gasteiger partial charge in [-0.15, -0.1) is 0 Å². The molecule has 2 N–H and O–H groups in total. The number of aromatic nitrogens is 2. The van der Waals surface area contributed by atoms with E-state index < -0.39 is 0 Å². The number of fused-ring (bicyclic) bond motifs is 1. The van der Waals surface area contributed by atoms with Gasteiger partial charge in [0.05, 0.1) is 5.02 Å². The lowest BCUT2D eigenvalue weighted by molar-refractivity contribution is 0.172. The van der Waals surface area contributed by atoms with Gasteiger partial charge in [-0.3, -0.25) is 0 Å². The molecule has 1 fully saturated rings. The lowest BCUT2D eigenvalue weighted by Crippen LogP contribution is -2.15. The van der Waals surface area contributed by atoms with Crippen molar-refractivity contribution in [3.05, 3.63) is 23.0 Å². The summed E-state index contributed by atoms with van der Waals surface area (Å²) >= 11 is 6.29. The molecule has 5 nitrogen and oxygen atoms in total. The van der Waals surface area contributed by atoms with Gasteiger partial charge in [0, 0.05) is 18.5 Å². The maximum atomic E-state index is 6.29. The van der Waals surface area contributed by atoms with E-state index in [1.807, 2.05) is 23.7 Å². The Kier molecular flexibility index (Phi) is 2.79. The highest BCUT2D eigenvalue weighted by Gasteiger charge is 2.30. The third kappa shape index (κ3) is 2.03. The predicted octanol–water partition coefficient (Wildman–Crippen LogP) is 2.97. The van der Waals surface area contributed by atoms with Crippen molar-refractivity contribution in [3.8, 4) is 22.8 Å². The van der Waals surface area contributed by atoms with Crippen molar-refractivity contribution in [2.45, 2.75) is 18.8 Å². The van der Waals surface area contributed by atoms with Crippen LogP contribution in [0, 0.1) is 0 Å². The van der Waals surface area contributed by atoms with Gasteiger partial charge in [-0.1, -0.05) is 11.6 Å². The zero-order valence-corrected chi connectivity index (χ0v) is 12.5. The van der Waals surface area contributed by atoms with Crippen LogP contribution in [-0.2, 0) is 7.05 Å². The molecule has 2 heterocycles. The minimum Gasteiger partial charge on any atom is -0.486 e. The van der Waals surface area contributed by atoms with Gasteiger partial charge in [0.15, 0.2) is 11.5 Å². The zero-order chi connectivity index (χ0) is 14.6. The molecule has 0 bridgehead atoms. The van der Waals surface area contributed by atoms with Crippen molar-refractivity contribution in [1.82, 2.24) is 9.55 Å². The Labute approximate surface area is 127 Å². The van der Waals surface area contributed by atoms with Gasteiger partial charge < -0.3 is 19.8 Å². The topological polar surface area (TPSA) is 62.3 Å². The molecular weight excluding hydrogens is 290 g/mol. The predicted molar refractivity (Wildman–Crippen MR) is 81.0 cm³/mol. The highest BCUT2D eigenvalue weighted by Crippen LogP contribution is 2.44. The third-order valence-electron chi connectivity index (χ3n) is 3.99. The average Bonchev–Trinajstić information content (AvgIpc) is 3.27. The lowest BCUT2D eigenvalue weighted by Gasteiger charge is -2.20. The number of nitrogen functional groups attached to an aromatic ring is 1. The van der Waals surface area contributed by atoms with E-state index in [4.69, 9.17) is 31.8 Å². The van der Waals surface area contributed by atoms with Crippen molar-refractivity contribution in [1.29, 1.82) is 0 Å². The molecule has 6 heteroatoms. The van der Waals surface area contributed by atoms with Crippen LogP contribution in [0.3, 0.4) is 0 Å². The van der Waals surface area contributed by atoms with E-state index in [0.717, 1.165) is 17.1 Å². The normalized spacial score (nSPS) is 17.0.